The lowest BCUT2D eigenvalue weighted by Crippen LogP contribution is -2.41. The van der Waals surface area contributed by atoms with Gasteiger partial charge in [0.05, 0.1) is 42.3 Å². The van der Waals surface area contributed by atoms with Crippen LogP contribution in [0.2, 0.25) is 5.02 Å². The Morgan fingerprint density at radius 3 is 2.11 bits per heavy atom. The van der Waals surface area contributed by atoms with Crippen LogP contribution in [-0.4, -0.2) is 35.3 Å². The number of ether oxygens (including phenoxy) is 2. The molecule has 0 heterocycles. The minimum atomic E-state index is -3.92. The molecular formula is C36H29BrClF4N3O6S2. The minimum Gasteiger partial charge on any atom is -0.457 e. The lowest BCUT2D eigenvalue weighted by Gasteiger charge is -2.26. The fourth-order valence-corrected chi connectivity index (χ4v) is 7.63. The van der Waals surface area contributed by atoms with Crippen molar-refractivity contribution in [2.45, 2.75) is 55.7 Å². The van der Waals surface area contributed by atoms with Crippen molar-refractivity contribution in [1.29, 1.82) is 10.5 Å². The maximum Gasteiger partial charge on any atom is 0.272 e. The molecule has 0 bridgehead atoms. The van der Waals surface area contributed by atoms with Gasteiger partial charge in [-0.3, -0.25) is 4.79 Å². The van der Waals surface area contributed by atoms with Gasteiger partial charge in [0, 0.05) is 46.5 Å². The molecule has 9 nitrogen and oxygen atoms in total. The minimum absolute atomic E-state index is 0.0325. The maximum atomic E-state index is 15.1. The lowest BCUT2D eigenvalue weighted by molar-refractivity contribution is -0.0190. The summed E-state index contributed by atoms with van der Waals surface area (Å²) in [6.07, 6.45) is 0.0175. The normalized spacial score (nSPS) is 15.2. The number of carbonyl (C=O) groups excluding carboxylic acids is 1. The van der Waals surface area contributed by atoms with Crippen LogP contribution in [0, 0.1) is 34.3 Å². The van der Waals surface area contributed by atoms with E-state index in [1.807, 2.05) is 6.07 Å². The average Bonchev–Trinajstić information content (AvgIpc) is 3.30. The molecule has 4 aromatic carbocycles. The molecule has 1 aliphatic carbocycles. The van der Waals surface area contributed by atoms with Crippen LogP contribution >= 0.6 is 27.5 Å². The molecule has 0 saturated carbocycles. The number of fused-ring (bicyclic) bond motifs is 1. The van der Waals surface area contributed by atoms with Crippen LogP contribution in [0.3, 0.4) is 0 Å². The molecule has 0 amide bonds. The van der Waals surface area contributed by atoms with Crippen molar-refractivity contribution in [3.63, 3.8) is 0 Å². The summed E-state index contributed by atoms with van der Waals surface area (Å²) in [6.45, 7) is 6.16. The van der Waals surface area contributed by atoms with Crippen LogP contribution in [0.5, 0.6) is 23.0 Å². The number of benzene rings is 4. The molecule has 278 valence electrons. The van der Waals surface area contributed by atoms with Gasteiger partial charge in [-0.15, -0.1) is 0 Å². The van der Waals surface area contributed by atoms with E-state index in [0.29, 0.717) is 10.2 Å². The van der Waals surface area contributed by atoms with E-state index in [0.717, 1.165) is 30.5 Å². The summed E-state index contributed by atoms with van der Waals surface area (Å²) in [5, 5.41) is 18.4. The number of rotatable bonds is 8. The number of Topliss-reactive ketones (excluding diaryl/α,β-unsaturated/α-hetero) is 1. The Labute approximate surface area is 319 Å². The standard InChI is InChI=1S/C21H21F3N2O4S2.C15H8BrClFNO2/c1-20(2,3)31(27)26-19-18-15(10-21(19,23)24)16(5-6-17(18)32(4,28)29)30-14-8-12(11-25)7-13(22)9-14;1-8(20)12-2-3-14(15(16)13(12)7-19)21-11-5-9(17)4-10(18)6-11/h5-9,19,26H,10H2,1-4H3;2-6H,1H3. The molecule has 5 rings (SSSR count). The van der Waals surface area contributed by atoms with Crippen LogP contribution in [0.25, 0.3) is 0 Å². The highest BCUT2D eigenvalue weighted by Crippen LogP contribution is 2.50. The van der Waals surface area contributed by atoms with Gasteiger partial charge in [-0.25, -0.2) is 34.9 Å². The van der Waals surface area contributed by atoms with Gasteiger partial charge in [-0.1, -0.05) is 11.6 Å². The molecule has 0 aliphatic heterocycles. The number of nitriles is 2. The summed E-state index contributed by atoms with van der Waals surface area (Å²) < 4.78 is 107. The van der Waals surface area contributed by atoms with Gasteiger partial charge in [-0.2, -0.15) is 10.5 Å². The second-order valence-corrected chi connectivity index (χ2v) is 17.9. The van der Waals surface area contributed by atoms with Gasteiger partial charge < -0.3 is 9.47 Å². The number of ketones is 1. The Morgan fingerprint density at radius 2 is 1.57 bits per heavy atom. The Hall–Kier alpha value is -4.32. The molecule has 1 N–H and O–H groups in total. The van der Waals surface area contributed by atoms with Crippen LogP contribution in [0.1, 0.15) is 66.3 Å². The number of nitrogens with zero attached hydrogens (tertiary/aromatic N) is 2. The van der Waals surface area contributed by atoms with Crippen molar-refractivity contribution in [3.05, 3.63) is 110 Å². The Kier molecular flexibility index (Phi) is 12.5. The predicted octanol–water partition coefficient (Wildman–Crippen LogP) is 9.29. The zero-order valence-corrected chi connectivity index (χ0v) is 32.5. The number of carbonyl (C=O) groups is 1. The van der Waals surface area contributed by atoms with Gasteiger partial charge in [0.15, 0.2) is 15.6 Å². The molecular weight excluding hydrogens is 826 g/mol. The highest BCUT2D eigenvalue weighted by molar-refractivity contribution is 9.10. The third kappa shape index (κ3) is 9.82. The van der Waals surface area contributed by atoms with E-state index in [4.69, 9.17) is 31.6 Å². The first kappa shape index (κ1) is 41.4. The molecule has 53 heavy (non-hydrogen) atoms. The summed E-state index contributed by atoms with van der Waals surface area (Å²) in [7, 11) is -5.84. The first-order chi connectivity index (χ1) is 24.5. The molecule has 2 atom stereocenters. The van der Waals surface area contributed by atoms with Gasteiger partial charge in [0.25, 0.3) is 5.92 Å². The van der Waals surface area contributed by atoms with E-state index in [9.17, 15) is 26.2 Å². The largest absolute Gasteiger partial charge is 0.457 e. The summed E-state index contributed by atoms with van der Waals surface area (Å²) in [4.78, 5) is 11.1. The zero-order chi connectivity index (χ0) is 39.6. The third-order valence-electron chi connectivity index (χ3n) is 7.47. The second kappa shape index (κ2) is 16.0. The zero-order valence-electron chi connectivity index (χ0n) is 28.5. The first-order valence-electron chi connectivity index (χ1n) is 15.2. The average molecular weight is 855 g/mol. The van der Waals surface area contributed by atoms with E-state index in [1.54, 1.807) is 26.8 Å². The van der Waals surface area contributed by atoms with E-state index in [1.165, 1.54) is 43.3 Å². The van der Waals surface area contributed by atoms with Crippen molar-refractivity contribution in [2.75, 3.05) is 6.26 Å². The van der Waals surface area contributed by atoms with Crippen LogP contribution in [0.15, 0.2) is 70.0 Å². The lowest BCUT2D eigenvalue weighted by atomic mass is 10.1. The van der Waals surface area contributed by atoms with Crippen molar-refractivity contribution in [2.24, 2.45) is 0 Å². The Balaban J connectivity index is 0.000000258. The first-order valence-corrected chi connectivity index (χ1v) is 19.4. The maximum absolute atomic E-state index is 15.1. The summed E-state index contributed by atoms with van der Waals surface area (Å²) >= 11 is 8.98. The highest BCUT2D eigenvalue weighted by atomic mass is 79.9. The number of alkyl halides is 2. The second-order valence-electron chi connectivity index (χ2n) is 12.7. The van der Waals surface area contributed by atoms with Crippen LogP contribution < -0.4 is 14.2 Å². The van der Waals surface area contributed by atoms with Crippen molar-refractivity contribution in [3.8, 4) is 35.1 Å². The molecule has 2 unspecified atom stereocenters. The molecule has 1 aliphatic rings. The third-order valence-corrected chi connectivity index (χ3v) is 11.2. The summed E-state index contributed by atoms with van der Waals surface area (Å²) in [5.74, 6) is -4.71. The molecule has 0 spiro atoms. The predicted molar refractivity (Wildman–Crippen MR) is 194 cm³/mol. The molecule has 0 aromatic heterocycles. The molecule has 0 fully saturated rings. The number of hydrogen-bond donors (Lipinski definition) is 1. The SMILES string of the molecule is CC(=O)c1ccc(Oc2cc(F)cc(Cl)c2)c(Br)c1C#N.CC(C)(C)S(=O)NC1c2c(S(C)(=O)=O)ccc(Oc3cc(F)cc(C#N)c3)c2CC1(F)F. The monoisotopic (exact) mass is 853 g/mol. The summed E-state index contributed by atoms with van der Waals surface area (Å²) in [5.41, 5.74) is 0.0972. The van der Waals surface area contributed by atoms with E-state index in [2.05, 4.69) is 20.7 Å². The topological polar surface area (TPSA) is 146 Å². The smallest absolute Gasteiger partial charge is 0.272 e. The fraction of sp³-hybridized carbons (Fsp3) is 0.250. The number of sulfone groups is 1. The summed E-state index contributed by atoms with van der Waals surface area (Å²) in [6, 6.07) is 14.2. The van der Waals surface area contributed by atoms with Crippen LogP contribution in [0.4, 0.5) is 17.6 Å². The number of halogens is 6. The number of hydrogen-bond acceptors (Lipinski definition) is 8. The quantitative estimate of drug-likeness (QED) is 0.136. The number of nitrogens with one attached hydrogen (secondary N) is 1. The van der Waals surface area contributed by atoms with Gasteiger partial charge >= 0.3 is 0 Å². The van der Waals surface area contributed by atoms with Crippen molar-refractivity contribution in [1.82, 2.24) is 4.72 Å². The molecule has 0 radical (unpaired) electrons. The van der Waals surface area contributed by atoms with Crippen LogP contribution in [-0.2, 0) is 27.2 Å². The van der Waals surface area contributed by atoms with Gasteiger partial charge in [0.2, 0.25) is 0 Å². The van der Waals surface area contributed by atoms with E-state index >= 15 is 8.78 Å². The molecule has 0 saturated heterocycles. The van der Waals surface area contributed by atoms with E-state index < -0.39 is 55.6 Å². The van der Waals surface area contributed by atoms with Crippen molar-refractivity contribution < 1.29 is 44.5 Å². The van der Waals surface area contributed by atoms with Crippen molar-refractivity contribution >= 4 is 54.1 Å². The Bertz CT molecular complexity index is 2320. The molecule has 17 heteroatoms. The fourth-order valence-electron chi connectivity index (χ4n) is 5.08. The van der Waals surface area contributed by atoms with Gasteiger partial charge in [0.1, 0.15) is 46.7 Å². The molecule has 4 aromatic rings. The highest BCUT2D eigenvalue weighted by Gasteiger charge is 2.52. The van der Waals surface area contributed by atoms with Gasteiger partial charge in [-0.05, 0) is 92.2 Å². The Morgan fingerprint density at radius 1 is 0.981 bits per heavy atom. The van der Waals surface area contributed by atoms with E-state index in [-0.39, 0.29) is 60.8 Å².